The van der Waals surface area contributed by atoms with E-state index in [-0.39, 0.29) is 12.4 Å². The molecule has 1 aliphatic heterocycles. The minimum atomic E-state index is -3.34. The van der Waals surface area contributed by atoms with Crippen molar-refractivity contribution in [3.8, 4) is 0 Å². The number of Topliss-reactive ketones (excluding diaryl/α,β-unsaturated/α-hetero) is 1. The van der Waals surface area contributed by atoms with Crippen molar-refractivity contribution < 1.29 is 22.7 Å². The highest BCUT2D eigenvalue weighted by Crippen LogP contribution is 2.30. The van der Waals surface area contributed by atoms with Crippen LogP contribution in [-0.2, 0) is 21.2 Å². The van der Waals surface area contributed by atoms with Gasteiger partial charge in [0, 0.05) is 16.6 Å². The van der Waals surface area contributed by atoms with E-state index in [2.05, 4.69) is 15.9 Å². The van der Waals surface area contributed by atoms with Crippen LogP contribution in [0.5, 0.6) is 0 Å². The van der Waals surface area contributed by atoms with Gasteiger partial charge < -0.3 is 4.74 Å². The Morgan fingerprint density at radius 1 is 1.12 bits per heavy atom. The summed E-state index contributed by atoms with van der Waals surface area (Å²) in [5, 5.41) is 0. The third-order valence-electron chi connectivity index (χ3n) is 4.07. The molecule has 136 valence electrons. The number of hydrogen-bond acceptors (Lipinski definition) is 5. The average molecular weight is 438 g/mol. The van der Waals surface area contributed by atoms with E-state index in [1.54, 1.807) is 36.4 Å². The fraction of sp³-hybridized carbons (Fsp3) is 0.222. The summed E-state index contributed by atoms with van der Waals surface area (Å²) in [5.74, 6) is -0.911. The number of benzene rings is 2. The van der Waals surface area contributed by atoms with Gasteiger partial charge in [-0.25, -0.2) is 13.2 Å². The number of ketones is 1. The fourth-order valence-corrected chi connectivity index (χ4v) is 4.00. The van der Waals surface area contributed by atoms with E-state index >= 15 is 0 Å². The summed E-state index contributed by atoms with van der Waals surface area (Å²) >= 11 is 3.29. The molecule has 0 saturated carbocycles. The van der Waals surface area contributed by atoms with Crippen LogP contribution in [0, 0.1) is 0 Å². The van der Waals surface area contributed by atoms with Gasteiger partial charge in [-0.15, -0.1) is 0 Å². The van der Waals surface area contributed by atoms with Crippen LogP contribution in [0.3, 0.4) is 0 Å². The number of rotatable bonds is 5. The molecule has 6 nitrogen and oxygen atoms in total. The number of halogens is 1. The highest BCUT2D eigenvalue weighted by molar-refractivity contribution is 9.10. The van der Waals surface area contributed by atoms with Gasteiger partial charge in [-0.2, -0.15) is 0 Å². The number of fused-ring (bicyclic) bond motifs is 1. The van der Waals surface area contributed by atoms with Crippen LogP contribution in [-0.4, -0.2) is 39.6 Å². The van der Waals surface area contributed by atoms with Gasteiger partial charge in [0.2, 0.25) is 10.0 Å². The average Bonchev–Trinajstić information content (AvgIpc) is 3.03. The first-order chi connectivity index (χ1) is 12.3. The second-order valence-corrected chi connectivity index (χ2v) is 8.76. The van der Waals surface area contributed by atoms with Crippen LogP contribution in [0.1, 0.15) is 26.3 Å². The van der Waals surface area contributed by atoms with Gasteiger partial charge in [0.15, 0.2) is 12.4 Å². The molecule has 0 unspecified atom stereocenters. The molecular weight excluding hydrogens is 422 g/mol. The van der Waals surface area contributed by atoms with Crippen LogP contribution in [0.15, 0.2) is 46.9 Å². The molecule has 0 N–H and O–H groups in total. The summed E-state index contributed by atoms with van der Waals surface area (Å²) in [4.78, 5) is 24.3. The van der Waals surface area contributed by atoms with Gasteiger partial charge in [-0.1, -0.05) is 28.1 Å². The zero-order valence-electron chi connectivity index (χ0n) is 13.9. The van der Waals surface area contributed by atoms with Crippen molar-refractivity contribution in [1.29, 1.82) is 0 Å². The zero-order chi connectivity index (χ0) is 18.9. The molecule has 0 aliphatic carbocycles. The summed E-state index contributed by atoms with van der Waals surface area (Å²) in [6.45, 7) is 0.00172. The number of carbonyl (C=O) groups is 2. The lowest BCUT2D eigenvalue weighted by Crippen LogP contribution is -2.27. The lowest BCUT2D eigenvalue weighted by molar-refractivity contribution is 0.0474. The molecule has 0 atom stereocenters. The minimum Gasteiger partial charge on any atom is -0.454 e. The Hall–Kier alpha value is -2.19. The molecule has 8 heteroatoms. The molecular formula is C18H16BrNO5S. The van der Waals surface area contributed by atoms with Crippen LogP contribution in [0.2, 0.25) is 0 Å². The normalized spacial score (nSPS) is 13.4. The lowest BCUT2D eigenvalue weighted by Gasteiger charge is -2.16. The van der Waals surface area contributed by atoms with Crippen LogP contribution in [0.4, 0.5) is 5.69 Å². The molecule has 0 fully saturated rings. The van der Waals surface area contributed by atoms with Crippen LogP contribution >= 0.6 is 15.9 Å². The first kappa shape index (κ1) is 18.6. The van der Waals surface area contributed by atoms with E-state index in [1.165, 1.54) is 10.4 Å². The van der Waals surface area contributed by atoms with Crippen molar-refractivity contribution >= 4 is 43.4 Å². The van der Waals surface area contributed by atoms with E-state index in [4.69, 9.17) is 4.74 Å². The molecule has 1 heterocycles. The third-order valence-corrected chi connectivity index (χ3v) is 5.78. The van der Waals surface area contributed by atoms with E-state index < -0.39 is 16.0 Å². The van der Waals surface area contributed by atoms with Crippen LogP contribution in [0.25, 0.3) is 0 Å². The molecule has 0 aromatic heterocycles. The maximum Gasteiger partial charge on any atom is 0.338 e. The monoisotopic (exact) mass is 437 g/mol. The summed E-state index contributed by atoms with van der Waals surface area (Å²) in [5.41, 5.74) is 2.10. The first-order valence-corrected chi connectivity index (χ1v) is 10.5. The molecule has 0 spiro atoms. The number of anilines is 1. The Balaban J connectivity index is 1.68. The lowest BCUT2D eigenvalue weighted by atomic mass is 10.1. The summed E-state index contributed by atoms with van der Waals surface area (Å²) in [7, 11) is -3.34. The van der Waals surface area contributed by atoms with Gasteiger partial charge in [-0.05, 0) is 42.3 Å². The molecule has 0 amide bonds. The van der Waals surface area contributed by atoms with Crippen molar-refractivity contribution in [2.24, 2.45) is 0 Å². The summed E-state index contributed by atoms with van der Waals surface area (Å²) in [6, 6.07) is 11.5. The quantitative estimate of drug-likeness (QED) is 0.530. The summed E-state index contributed by atoms with van der Waals surface area (Å²) < 4.78 is 30.7. The van der Waals surface area contributed by atoms with Gasteiger partial charge in [0.1, 0.15) is 0 Å². The zero-order valence-corrected chi connectivity index (χ0v) is 16.3. The first-order valence-electron chi connectivity index (χ1n) is 7.82. The predicted octanol–water partition coefficient (Wildman–Crippen LogP) is 2.81. The number of nitrogens with zero attached hydrogens (tertiary/aromatic N) is 1. The Labute approximate surface area is 159 Å². The van der Waals surface area contributed by atoms with E-state index in [0.717, 1.165) is 16.3 Å². The van der Waals surface area contributed by atoms with E-state index in [1.807, 2.05) is 0 Å². The van der Waals surface area contributed by atoms with Crippen molar-refractivity contribution in [2.75, 3.05) is 23.7 Å². The van der Waals surface area contributed by atoms with Crippen molar-refractivity contribution in [2.45, 2.75) is 6.42 Å². The Bertz CT molecular complexity index is 970. The topological polar surface area (TPSA) is 80.8 Å². The fourth-order valence-electron chi connectivity index (χ4n) is 2.78. The second kappa shape index (κ2) is 7.20. The largest absolute Gasteiger partial charge is 0.454 e. The molecule has 0 bridgehead atoms. The number of carbonyl (C=O) groups excluding carboxylic acids is 2. The van der Waals surface area contributed by atoms with E-state index in [9.17, 15) is 18.0 Å². The van der Waals surface area contributed by atoms with Gasteiger partial charge in [0.25, 0.3) is 0 Å². The van der Waals surface area contributed by atoms with Crippen molar-refractivity contribution in [3.63, 3.8) is 0 Å². The Morgan fingerprint density at radius 3 is 2.42 bits per heavy atom. The second-order valence-electron chi connectivity index (χ2n) is 5.93. The number of sulfonamides is 1. The molecule has 0 saturated heterocycles. The van der Waals surface area contributed by atoms with Crippen molar-refractivity contribution in [1.82, 2.24) is 0 Å². The Kier molecular flexibility index (Phi) is 5.15. The van der Waals surface area contributed by atoms with E-state index in [0.29, 0.717) is 29.8 Å². The van der Waals surface area contributed by atoms with Gasteiger partial charge >= 0.3 is 5.97 Å². The SMILES string of the molecule is CS(=O)(=O)N1CCc2cc(C(=O)OCC(=O)c3ccc(Br)cc3)ccc21. The highest BCUT2D eigenvalue weighted by Gasteiger charge is 2.27. The van der Waals surface area contributed by atoms with Gasteiger partial charge in [-0.3, -0.25) is 9.10 Å². The number of esters is 1. The molecule has 0 radical (unpaired) electrons. The van der Waals surface area contributed by atoms with Gasteiger partial charge in [0.05, 0.1) is 17.5 Å². The molecule has 1 aliphatic rings. The molecule has 2 aromatic rings. The third kappa shape index (κ3) is 3.96. The number of hydrogen-bond donors (Lipinski definition) is 0. The maximum atomic E-state index is 12.2. The minimum absolute atomic E-state index is 0.294. The highest BCUT2D eigenvalue weighted by atomic mass is 79.9. The predicted molar refractivity (Wildman–Crippen MR) is 101 cm³/mol. The molecule has 2 aromatic carbocycles. The molecule has 26 heavy (non-hydrogen) atoms. The van der Waals surface area contributed by atoms with Crippen molar-refractivity contribution in [3.05, 3.63) is 63.6 Å². The smallest absolute Gasteiger partial charge is 0.338 e. The van der Waals surface area contributed by atoms with Crippen LogP contribution < -0.4 is 4.31 Å². The Morgan fingerprint density at radius 2 is 1.77 bits per heavy atom. The molecule has 3 rings (SSSR count). The summed E-state index contributed by atoms with van der Waals surface area (Å²) in [6.07, 6.45) is 1.68. The standard InChI is InChI=1S/C18H16BrNO5S/c1-26(23,24)20-9-8-13-10-14(4-7-16(13)20)18(22)25-11-17(21)12-2-5-15(19)6-3-12/h2-7,10H,8-9,11H2,1H3. The number of ether oxygens (including phenoxy) is 1. The maximum absolute atomic E-state index is 12.2.